The minimum absolute atomic E-state index is 0.00720. The Morgan fingerprint density at radius 3 is 2.42 bits per heavy atom. The van der Waals surface area contributed by atoms with E-state index in [-0.39, 0.29) is 25.3 Å². The van der Waals surface area contributed by atoms with Crippen LogP contribution in [-0.2, 0) is 16.1 Å². The first kappa shape index (κ1) is 19.4. The third-order valence-electron chi connectivity index (χ3n) is 3.20. The quantitative estimate of drug-likeness (QED) is 0.545. The zero-order chi connectivity index (χ0) is 17.9. The van der Waals surface area contributed by atoms with Crippen LogP contribution in [0.2, 0.25) is 0 Å². The average molecular weight is 339 g/mol. The molecule has 3 amide bonds. The highest BCUT2D eigenvalue weighted by molar-refractivity contribution is 5.87. The van der Waals surface area contributed by atoms with E-state index >= 15 is 0 Å². The van der Waals surface area contributed by atoms with Gasteiger partial charge in [-0.15, -0.1) is 0 Å². The number of halogens is 1. The lowest BCUT2D eigenvalue weighted by Gasteiger charge is -2.18. The second-order valence-electron chi connectivity index (χ2n) is 5.23. The Hall–Kier alpha value is -2.64. The van der Waals surface area contributed by atoms with Crippen molar-refractivity contribution < 1.29 is 23.9 Å². The molecule has 0 aliphatic carbocycles. The number of benzene rings is 1. The van der Waals surface area contributed by atoms with Gasteiger partial charge in [0.15, 0.2) is 0 Å². The number of carboxylic acids is 1. The molecule has 0 heterocycles. The summed E-state index contributed by atoms with van der Waals surface area (Å²) in [6, 6.07) is 4.44. The molecule has 0 spiro atoms. The Balaban J connectivity index is 2.44. The van der Waals surface area contributed by atoms with Crippen molar-refractivity contribution >= 4 is 17.9 Å². The lowest BCUT2D eigenvalue weighted by atomic mass is 10.1. The van der Waals surface area contributed by atoms with Crippen molar-refractivity contribution in [1.29, 1.82) is 0 Å². The van der Waals surface area contributed by atoms with E-state index in [1.54, 1.807) is 12.1 Å². The predicted octanol–water partition coefficient (Wildman–Crippen LogP) is 1.38. The monoisotopic (exact) mass is 339 g/mol. The third kappa shape index (κ3) is 7.57. The Kier molecular flexibility index (Phi) is 8.24. The summed E-state index contributed by atoms with van der Waals surface area (Å²) in [5, 5.41) is 16.2. The molecule has 1 rings (SSSR count). The van der Waals surface area contributed by atoms with Crippen LogP contribution in [0.3, 0.4) is 0 Å². The summed E-state index contributed by atoms with van der Waals surface area (Å²) < 4.78 is 12.8. The van der Waals surface area contributed by atoms with Crippen LogP contribution < -0.4 is 16.0 Å². The maximum atomic E-state index is 12.8. The van der Waals surface area contributed by atoms with Crippen molar-refractivity contribution in [3.8, 4) is 0 Å². The molecule has 1 aromatic rings. The van der Waals surface area contributed by atoms with E-state index in [4.69, 9.17) is 5.11 Å². The molecule has 0 aromatic heterocycles. The van der Waals surface area contributed by atoms with Gasteiger partial charge >= 0.3 is 12.0 Å². The van der Waals surface area contributed by atoms with Gasteiger partial charge in [0.25, 0.3) is 0 Å². The minimum atomic E-state index is -1.01. The Bertz CT molecular complexity index is 563. The zero-order valence-electron chi connectivity index (χ0n) is 13.5. The second-order valence-corrected chi connectivity index (χ2v) is 5.23. The van der Waals surface area contributed by atoms with Crippen LogP contribution >= 0.6 is 0 Å². The molecule has 0 radical (unpaired) electrons. The highest BCUT2D eigenvalue weighted by Crippen LogP contribution is 2.02. The van der Waals surface area contributed by atoms with E-state index in [9.17, 15) is 18.8 Å². The van der Waals surface area contributed by atoms with Crippen LogP contribution in [0.5, 0.6) is 0 Å². The van der Waals surface area contributed by atoms with Crippen LogP contribution in [0, 0.1) is 5.82 Å². The molecule has 7 nitrogen and oxygen atoms in total. The van der Waals surface area contributed by atoms with E-state index in [0.29, 0.717) is 12.8 Å². The molecule has 4 N–H and O–H groups in total. The number of nitrogens with one attached hydrogen (secondary N) is 3. The second kappa shape index (κ2) is 10.2. The lowest BCUT2D eigenvalue weighted by Crippen LogP contribution is -2.50. The van der Waals surface area contributed by atoms with Gasteiger partial charge in [-0.2, -0.15) is 0 Å². The molecular weight excluding hydrogens is 317 g/mol. The number of hydrogen-bond acceptors (Lipinski definition) is 3. The van der Waals surface area contributed by atoms with Gasteiger partial charge in [-0.25, -0.2) is 9.18 Å². The van der Waals surface area contributed by atoms with Crippen LogP contribution in [0.25, 0.3) is 0 Å². The van der Waals surface area contributed by atoms with Gasteiger partial charge < -0.3 is 21.1 Å². The van der Waals surface area contributed by atoms with Gasteiger partial charge in [0, 0.05) is 13.1 Å². The number of hydrogen-bond donors (Lipinski definition) is 4. The summed E-state index contributed by atoms with van der Waals surface area (Å²) in [4.78, 5) is 34.3. The molecular formula is C16H22FN3O4. The fraction of sp³-hybridized carbons (Fsp3) is 0.438. The Labute approximate surface area is 139 Å². The fourth-order valence-electron chi connectivity index (χ4n) is 1.97. The topological polar surface area (TPSA) is 108 Å². The standard InChI is InChI=1S/C16H22FN3O4/c1-2-3-13(15(23)18-9-8-14(21)22)20-16(24)19-10-11-4-6-12(17)7-5-11/h4-7,13H,2-3,8-10H2,1H3,(H,18,23)(H,21,22)(H2,19,20,24). The molecule has 0 fully saturated rings. The van der Waals surface area contributed by atoms with Crippen molar-refractivity contribution in [3.63, 3.8) is 0 Å². The van der Waals surface area contributed by atoms with E-state index < -0.39 is 23.9 Å². The fourth-order valence-corrected chi connectivity index (χ4v) is 1.97. The van der Waals surface area contributed by atoms with Crippen LogP contribution in [0.4, 0.5) is 9.18 Å². The van der Waals surface area contributed by atoms with Gasteiger partial charge in [-0.3, -0.25) is 9.59 Å². The number of aliphatic carboxylic acids is 1. The van der Waals surface area contributed by atoms with Gasteiger partial charge in [0.2, 0.25) is 5.91 Å². The SMILES string of the molecule is CCCC(NC(=O)NCc1ccc(F)cc1)C(=O)NCCC(=O)O. The maximum absolute atomic E-state index is 12.8. The summed E-state index contributed by atoms with van der Waals surface area (Å²) in [7, 11) is 0. The molecule has 1 atom stereocenters. The van der Waals surface area contributed by atoms with Gasteiger partial charge in [0.05, 0.1) is 6.42 Å². The molecule has 8 heteroatoms. The molecule has 0 aliphatic rings. The third-order valence-corrected chi connectivity index (χ3v) is 3.20. The molecule has 0 aliphatic heterocycles. The van der Waals surface area contributed by atoms with Gasteiger partial charge in [-0.1, -0.05) is 25.5 Å². The van der Waals surface area contributed by atoms with E-state index in [2.05, 4.69) is 16.0 Å². The summed E-state index contributed by atoms with van der Waals surface area (Å²) >= 11 is 0. The maximum Gasteiger partial charge on any atom is 0.315 e. The smallest absolute Gasteiger partial charge is 0.315 e. The van der Waals surface area contributed by atoms with E-state index in [1.807, 2.05) is 6.92 Å². The van der Waals surface area contributed by atoms with Crippen molar-refractivity contribution in [2.75, 3.05) is 6.54 Å². The van der Waals surface area contributed by atoms with Crippen molar-refractivity contribution in [1.82, 2.24) is 16.0 Å². The van der Waals surface area contributed by atoms with Crippen molar-refractivity contribution in [3.05, 3.63) is 35.6 Å². The van der Waals surface area contributed by atoms with Gasteiger partial charge in [0.1, 0.15) is 11.9 Å². The molecule has 0 saturated carbocycles. The van der Waals surface area contributed by atoms with E-state index in [1.165, 1.54) is 12.1 Å². The number of urea groups is 1. The first-order chi connectivity index (χ1) is 11.4. The molecule has 132 valence electrons. The predicted molar refractivity (Wildman–Crippen MR) is 85.7 cm³/mol. The molecule has 24 heavy (non-hydrogen) atoms. The highest BCUT2D eigenvalue weighted by Gasteiger charge is 2.19. The molecule has 0 bridgehead atoms. The van der Waals surface area contributed by atoms with Crippen LogP contribution in [0.15, 0.2) is 24.3 Å². The number of rotatable bonds is 9. The first-order valence-corrected chi connectivity index (χ1v) is 7.70. The summed E-state index contributed by atoms with van der Waals surface area (Å²) in [5.74, 6) is -1.79. The number of carbonyl (C=O) groups excluding carboxylic acids is 2. The molecule has 1 aromatic carbocycles. The lowest BCUT2D eigenvalue weighted by molar-refractivity contribution is -0.137. The van der Waals surface area contributed by atoms with Crippen LogP contribution in [-0.4, -0.2) is 35.6 Å². The van der Waals surface area contributed by atoms with Crippen LogP contribution in [0.1, 0.15) is 31.7 Å². The summed E-state index contributed by atoms with van der Waals surface area (Å²) in [6.07, 6.45) is 0.930. The summed E-state index contributed by atoms with van der Waals surface area (Å²) in [6.45, 7) is 2.08. The Morgan fingerprint density at radius 2 is 1.83 bits per heavy atom. The zero-order valence-corrected chi connectivity index (χ0v) is 13.5. The number of amides is 3. The molecule has 0 saturated heterocycles. The largest absolute Gasteiger partial charge is 0.481 e. The van der Waals surface area contributed by atoms with E-state index in [0.717, 1.165) is 5.56 Å². The van der Waals surface area contributed by atoms with Crippen molar-refractivity contribution in [2.45, 2.75) is 38.8 Å². The number of carboxylic acid groups (broad SMARTS) is 1. The highest BCUT2D eigenvalue weighted by atomic mass is 19.1. The molecule has 1 unspecified atom stereocenters. The first-order valence-electron chi connectivity index (χ1n) is 7.70. The Morgan fingerprint density at radius 1 is 1.17 bits per heavy atom. The summed E-state index contributed by atoms with van der Waals surface area (Å²) in [5.41, 5.74) is 0.726. The van der Waals surface area contributed by atoms with Gasteiger partial charge in [-0.05, 0) is 24.1 Å². The van der Waals surface area contributed by atoms with Crippen molar-refractivity contribution in [2.24, 2.45) is 0 Å². The minimum Gasteiger partial charge on any atom is -0.481 e. The number of carbonyl (C=O) groups is 3. The average Bonchev–Trinajstić information content (AvgIpc) is 2.53. The normalized spacial score (nSPS) is 11.4.